The second-order valence-electron chi connectivity index (χ2n) is 7.38. The van der Waals surface area contributed by atoms with Crippen LogP contribution in [0.15, 0.2) is 89.8 Å². The van der Waals surface area contributed by atoms with Crippen molar-refractivity contribution in [2.75, 3.05) is 22.5 Å². The highest BCUT2D eigenvalue weighted by molar-refractivity contribution is 7.93. The third kappa shape index (κ3) is 4.91. The molecule has 0 aliphatic carbocycles. The number of carbonyl (C=O) groups excluding carboxylic acids is 1. The van der Waals surface area contributed by atoms with Crippen LogP contribution in [0.3, 0.4) is 0 Å². The van der Waals surface area contributed by atoms with E-state index >= 15 is 0 Å². The molecule has 0 unspecified atom stereocenters. The molecule has 0 aliphatic heterocycles. The van der Waals surface area contributed by atoms with Gasteiger partial charge in [0.25, 0.3) is 10.0 Å². The molecule has 0 spiro atoms. The number of hydrogen-bond donors (Lipinski definition) is 3. The number of rotatable bonds is 6. The van der Waals surface area contributed by atoms with Crippen LogP contribution in [0.25, 0.3) is 10.8 Å². The highest BCUT2D eigenvalue weighted by atomic mass is 32.2. The number of amides is 2. The van der Waals surface area contributed by atoms with Crippen molar-refractivity contribution >= 4 is 43.9 Å². The molecule has 0 atom stereocenters. The Labute approximate surface area is 192 Å². The Morgan fingerprint density at radius 3 is 2.15 bits per heavy atom. The normalized spacial score (nSPS) is 11.1. The summed E-state index contributed by atoms with van der Waals surface area (Å²) >= 11 is 0. The number of para-hydroxylation sites is 1. The fraction of sp³-hybridized carbons (Fsp3) is 0.0800. The van der Waals surface area contributed by atoms with Gasteiger partial charge in [0, 0.05) is 16.5 Å². The Hall–Kier alpha value is -4.04. The monoisotopic (exact) mass is 461 g/mol. The molecule has 7 nitrogen and oxygen atoms in total. The van der Waals surface area contributed by atoms with Crippen LogP contribution in [-0.4, -0.2) is 21.6 Å². The van der Waals surface area contributed by atoms with Gasteiger partial charge in [-0.3, -0.25) is 4.72 Å². The SMILES string of the molecule is COc1ccc(NC(=O)Nc2cccc3c(S(=O)(=O)Nc4ccccc4C)cccc23)cc1. The summed E-state index contributed by atoms with van der Waals surface area (Å²) in [6.07, 6.45) is 0. The van der Waals surface area contributed by atoms with E-state index in [-0.39, 0.29) is 4.90 Å². The van der Waals surface area contributed by atoms with Gasteiger partial charge < -0.3 is 15.4 Å². The van der Waals surface area contributed by atoms with E-state index in [1.165, 1.54) is 0 Å². The molecule has 168 valence electrons. The van der Waals surface area contributed by atoms with E-state index in [0.29, 0.717) is 33.6 Å². The number of sulfonamides is 1. The average molecular weight is 462 g/mol. The maximum Gasteiger partial charge on any atom is 0.323 e. The molecule has 3 N–H and O–H groups in total. The Balaban J connectivity index is 1.62. The minimum absolute atomic E-state index is 0.127. The standard InChI is InChI=1S/C25H23N3O4S/c1-17-7-3-4-10-22(17)28-33(30,31)24-12-6-8-20-21(24)9-5-11-23(20)27-25(29)26-18-13-15-19(32-2)16-14-18/h3-16,28H,1-2H3,(H2,26,27,29). The lowest BCUT2D eigenvalue weighted by Crippen LogP contribution is -2.19. The number of urea groups is 1. The molecule has 0 fully saturated rings. The molecule has 4 aromatic carbocycles. The zero-order valence-electron chi connectivity index (χ0n) is 18.1. The van der Waals surface area contributed by atoms with Crippen LogP contribution in [0.4, 0.5) is 21.9 Å². The van der Waals surface area contributed by atoms with Gasteiger partial charge in [-0.25, -0.2) is 13.2 Å². The summed E-state index contributed by atoms with van der Waals surface area (Å²) in [6, 6.07) is 23.8. The Kier molecular flexibility index (Phi) is 6.19. The molecular weight excluding hydrogens is 438 g/mol. The molecule has 0 aromatic heterocycles. The second kappa shape index (κ2) is 9.22. The first-order chi connectivity index (χ1) is 15.9. The number of fused-ring (bicyclic) bond motifs is 1. The average Bonchev–Trinajstić information content (AvgIpc) is 2.81. The zero-order chi connectivity index (χ0) is 23.4. The molecule has 4 aromatic rings. The molecule has 4 rings (SSSR count). The van der Waals surface area contributed by atoms with Crippen LogP contribution in [-0.2, 0) is 10.0 Å². The van der Waals surface area contributed by atoms with Crippen LogP contribution in [0.5, 0.6) is 5.75 Å². The number of anilines is 3. The van der Waals surface area contributed by atoms with Crippen molar-refractivity contribution in [3.63, 3.8) is 0 Å². The lowest BCUT2D eigenvalue weighted by molar-refractivity contribution is 0.262. The number of methoxy groups -OCH3 is 1. The third-order valence-electron chi connectivity index (χ3n) is 5.16. The maximum absolute atomic E-state index is 13.2. The van der Waals surface area contributed by atoms with Gasteiger partial charge in [-0.1, -0.05) is 42.5 Å². The zero-order valence-corrected chi connectivity index (χ0v) is 18.9. The van der Waals surface area contributed by atoms with Crippen molar-refractivity contribution in [1.82, 2.24) is 0 Å². The predicted octanol–water partition coefficient (Wildman–Crippen LogP) is 5.60. The summed E-state index contributed by atoms with van der Waals surface area (Å²) in [4.78, 5) is 12.7. The van der Waals surface area contributed by atoms with Crippen molar-refractivity contribution in [3.05, 3.63) is 90.5 Å². The molecule has 0 bridgehead atoms. The fourth-order valence-electron chi connectivity index (χ4n) is 3.47. The minimum atomic E-state index is -3.85. The Morgan fingerprint density at radius 1 is 0.758 bits per heavy atom. The highest BCUT2D eigenvalue weighted by Crippen LogP contribution is 2.30. The smallest absolute Gasteiger partial charge is 0.323 e. The number of benzene rings is 4. The lowest BCUT2D eigenvalue weighted by Gasteiger charge is -2.14. The molecule has 0 saturated heterocycles. The topological polar surface area (TPSA) is 96.5 Å². The van der Waals surface area contributed by atoms with Gasteiger partial charge in [-0.2, -0.15) is 0 Å². The molecule has 0 saturated carbocycles. The third-order valence-corrected chi connectivity index (χ3v) is 6.58. The highest BCUT2D eigenvalue weighted by Gasteiger charge is 2.19. The summed E-state index contributed by atoms with van der Waals surface area (Å²) in [5, 5.41) is 6.66. The van der Waals surface area contributed by atoms with Crippen molar-refractivity contribution in [1.29, 1.82) is 0 Å². The van der Waals surface area contributed by atoms with E-state index in [4.69, 9.17) is 4.74 Å². The summed E-state index contributed by atoms with van der Waals surface area (Å²) in [7, 11) is -2.28. The van der Waals surface area contributed by atoms with E-state index in [9.17, 15) is 13.2 Å². The first-order valence-electron chi connectivity index (χ1n) is 10.2. The fourth-order valence-corrected chi connectivity index (χ4v) is 4.82. The number of aryl methyl sites for hydroxylation is 1. The molecule has 0 aliphatic rings. The number of nitrogens with one attached hydrogen (secondary N) is 3. The van der Waals surface area contributed by atoms with Crippen LogP contribution in [0.2, 0.25) is 0 Å². The van der Waals surface area contributed by atoms with Gasteiger partial charge in [0.1, 0.15) is 5.75 Å². The number of hydrogen-bond acceptors (Lipinski definition) is 4. The van der Waals surface area contributed by atoms with Crippen molar-refractivity contribution < 1.29 is 17.9 Å². The molecular formula is C25H23N3O4S. The van der Waals surface area contributed by atoms with Crippen LogP contribution in [0.1, 0.15) is 5.56 Å². The van der Waals surface area contributed by atoms with Crippen molar-refractivity contribution in [2.45, 2.75) is 11.8 Å². The van der Waals surface area contributed by atoms with E-state index in [1.54, 1.807) is 79.9 Å². The summed E-state index contributed by atoms with van der Waals surface area (Å²) in [5.41, 5.74) is 2.42. The van der Waals surface area contributed by atoms with Crippen LogP contribution >= 0.6 is 0 Å². The van der Waals surface area contributed by atoms with Gasteiger partial charge in [-0.15, -0.1) is 0 Å². The van der Waals surface area contributed by atoms with Crippen molar-refractivity contribution in [3.8, 4) is 5.75 Å². The number of ether oxygens (including phenoxy) is 1. The second-order valence-corrected chi connectivity index (χ2v) is 9.04. The van der Waals surface area contributed by atoms with E-state index in [0.717, 1.165) is 5.56 Å². The molecule has 0 radical (unpaired) electrons. The summed E-state index contributed by atoms with van der Waals surface area (Å²) < 4.78 is 34.1. The van der Waals surface area contributed by atoms with Gasteiger partial charge in [0.05, 0.1) is 23.4 Å². The maximum atomic E-state index is 13.2. The van der Waals surface area contributed by atoms with E-state index in [1.807, 2.05) is 19.1 Å². The number of carbonyl (C=O) groups is 1. The molecule has 8 heteroatoms. The van der Waals surface area contributed by atoms with Crippen molar-refractivity contribution in [2.24, 2.45) is 0 Å². The van der Waals surface area contributed by atoms with Gasteiger partial charge in [0.15, 0.2) is 0 Å². The molecule has 33 heavy (non-hydrogen) atoms. The first-order valence-corrected chi connectivity index (χ1v) is 11.7. The minimum Gasteiger partial charge on any atom is -0.497 e. The quantitative estimate of drug-likeness (QED) is 0.348. The Morgan fingerprint density at radius 2 is 1.42 bits per heavy atom. The van der Waals surface area contributed by atoms with Gasteiger partial charge in [-0.05, 0) is 55.0 Å². The molecule has 0 heterocycles. The van der Waals surface area contributed by atoms with Crippen LogP contribution in [0, 0.1) is 6.92 Å². The Bertz CT molecular complexity index is 1420. The van der Waals surface area contributed by atoms with Gasteiger partial charge in [0.2, 0.25) is 0 Å². The first kappa shape index (κ1) is 22.2. The van der Waals surface area contributed by atoms with Crippen LogP contribution < -0.4 is 20.1 Å². The lowest BCUT2D eigenvalue weighted by atomic mass is 10.1. The predicted molar refractivity (Wildman–Crippen MR) is 132 cm³/mol. The molecule has 2 amide bonds. The van der Waals surface area contributed by atoms with Gasteiger partial charge >= 0.3 is 6.03 Å². The summed E-state index contributed by atoms with van der Waals surface area (Å²) in [6.45, 7) is 1.84. The van der Waals surface area contributed by atoms with E-state index in [2.05, 4.69) is 15.4 Å². The van der Waals surface area contributed by atoms with E-state index < -0.39 is 16.1 Å². The largest absolute Gasteiger partial charge is 0.497 e. The summed E-state index contributed by atoms with van der Waals surface area (Å²) in [5.74, 6) is 0.683.